The molecule has 0 aromatic heterocycles. The van der Waals surface area contributed by atoms with Crippen LogP contribution in [0.25, 0.3) is 0 Å². The topological polar surface area (TPSA) is 41.6 Å². The summed E-state index contributed by atoms with van der Waals surface area (Å²) in [5, 5.41) is 3.08. The second kappa shape index (κ2) is 8.80. The lowest BCUT2D eigenvalue weighted by atomic mass is 10.2. The molecule has 0 radical (unpaired) electrons. The number of thiocarbonyl (C=S) groups is 1. The van der Waals surface area contributed by atoms with Gasteiger partial charge in [-0.15, -0.1) is 0 Å². The largest absolute Gasteiger partial charge is 0.483 e. The highest BCUT2D eigenvalue weighted by Gasteiger charge is 2.13. The molecule has 126 valence electrons. The maximum Gasteiger partial charge on any atom is 0.264 e. The van der Waals surface area contributed by atoms with E-state index in [1.807, 2.05) is 67.3 Å². The minimum Gasteiger partial charge on any atom is -0.483 e. The summed E-state index contributed by atoms with van der Waals surface area (Å²) in [6.07, 6.45) is 0. The van der Waals surface area contributed by atoms with Crippen molar-refractivity contribution in [1.29, 1.82) is 0 Å². The van der Waals surface area contributed by atoms with Crippen molar-refractivity contribution in [2.24, 2.45) is 0 Å². The SMILES string of the molecule is CCN(C(=S)NC(=O)COc1ccc(Br)cc1C)c1ccccc1. The van der Waals surface area contributed by atoms with Crippen LogP contribution in [-0.2, 0) is 4.79 Å². The minimum atomic E-state index is -0.281. The Morgan fingerprint density at radius 1 is 1.25 bits per heavy atom. The van der Waals surface area contributed by atoms with Crippen molar-refractivity contribution in [2.75, 3.05) is 18.1 Å². The molecule has 1 amide bonds. The molecule has 1 N–H and O–H groups in total. The molecule has 6 heteroatoms. The molecule has 2 aromatic carbocycles. The van der Waals surface area contributed by atoms with Crippen LogP contribution in [-0.4, -0.2) is 24.2 Å². The Hall–Kier alpha value is -1.92. The number of benzene rings is 2. The number of carbonyl (C=O) groups excluding carboxylic acids is 1. The molecule has 24 heavy (non-hydrogen) atoms. The highest BCUT2D eigenvalue weighted by molar-refractivity contribution is 9.10. The Morgan fingerprint density at radius 3 is 2.58 bits per heavy atom. The van der Waals surface area contributed by atoms with Crippen LogP contribution in [0.1, 0.15) is 12.5 Å². The van der Waals surface area contributed by atoms with Gasteiger partial charge in [0.15, 0.2) is 11.7 Å². The molecule has 0 aliphatic rings. The second-order valence-corrected chi connectivity index (χ2v) is 6.43. The third-order valence-electron chi connectivity index (χ3n) is 3.37. The minimum absolute atomic E-state index is 0.0883. The number of nitrogens with zero attached hydrogens (tertiary/aromatic N) is 1. The Kier molecular flexibility index (Phi) is 6.75. The normalized spacial score (nSPS) is 10.1. The van der Waals surface area contributed by atoms with Crippen LogP contribution in [0, 0.1) is 6.92 Å². The maximum absolute atomic E-state index is 12.1. The lowest BCUT2D eigenvalue weighted by Gasteiger charge is -2.23. The fraction of sp³-hybridized carbons (Fsp3) is 0.222. The maximum atomic E-state index is 12.1. The quantitative estimate of drug-likeness (QED) is 0.759. The van der Waals surface area contributed by atoms with E-state index < -0.39 is 0 Å². The average molecular weight is 407 g/mol. The van der Waals surface area contributed by atoms with Gasteiger partial charge in [-0.1, -0.05) is 34.1 Å². The first kappa shape index (κ1) is 18.4. The molecule has 0 aliphatic carbocycles. The third kappa shape index (κ3) is 5.04. The van der Waals surface area contributed by atoms with Crippen molar-refractivity contribution in [2.45, 2.75) is 13.8 Å². The van der Waals surface area contributed by atoms with Crippen molar-refractivity contribution >= 4 is 44.9 Å². The standard InChI is InChI=1S/C18H19BrN2O2S/c1-3-21(15-7-5-4-6-8-15)18(24)20-17(22)12-23-16-10-9-14(19)11-13(16)2/h4-11H,3,12H2,1-2H3,(H,20,22,24). The van der Waals surface area contributed by atoms with E-state index in [9.17, 15) is 4.79 Å². The van der Waals surface area contributed by atoms with E-state index in [-0.39, 0.29) is 12.5 Å². The summed E-state index contributed by atoms with van der Waals surface area (Å²) in [5.74, 6) is 0.395. The van der Waals surface area contributed by atoms with Crippen LogP contribution in [0.5, 0.6) is 5.75 Å². The van der Waals surface area contributed by atoms with Crippen LogP contribution in [0.2, 0.25) is 0 Å². The number of hydrogen-bond donors (Lipinski definition) is 1. The first-order valence-corrected chi connectivity index (χ1v) is 8.76. The van der Waals surface area contributed by atoms with E-state index in [1.165, 1.54) is 0 Å². The number of aryl methyl sites for hydroxylation is 1. The lowest BCUT2D eigenvalue weighted by molar-refractivity contribution is -0.121. The van der Waals surface area contributed by atoms with Crippen molar-refractivity contribution in [3.63, 3.8) is 0 Å². The Balaban J connectivity index is 1.92. The smallest absolute Gasteiger partial charge is 0.264 e. The van der Waals surface area contributed by atoms with Gasteiger partial charge in [0.1, 0.15) is 5.75 Å². The Bertz CT molecular complexity index is 722. The van der Waals surface area contributed by atoms with Crippen molar-refractivity contribution in [1.82, 2.24) is 5.32 Å². The van der Waals surface area contributed by atoms with E-state index in [0.29, 0.717) is 17.4 Å². The molecule has 0 fully saturated rings. The highest BCUT2D eigenvalue weighted by atomic mass is 79.9. The van der Waals surface area contributed by atoms with Crippen LogP contribution in [0.3, 0.4) is 0 Å². The van der Waals surface area contributed by atoms with Gasteiger partial charge >= 0.3 is 0 Å². The number of para-hydroxylation sites is 1. The zero-order valence-corrected chi connectivity index (χ0v) is 16.0. The monoisotopic (exact) mass is 406 g/mol. The first-order valence-electron chi connectivity index (χ1n) is 7.56. The van der Waals surface area contributed by atoms with Gasteiger partial charge in [0.25, 0.3) is 5.91 Å². The van der Waals surface area contributed by atoms with E-state index in [0.717, 1.165) is 15.7 Å². The zero-order valence-electron chi connectivity index (χ0n) is 13.6. The molecular formula is C18H19BrN2O2S. The molecule has 2 rings (SSSR count). The number of anilines is 1. The summed E-state index contributed by atoms with van der Waals surface area (Å²) in [4.78, 5) is 14.0. The van der Waals surface area contributed by atoms with E-state index >= 15 is 0 Å². The fourth-order valence-corrected chi connectivity index (χ4v) is 3.02. The number of ether oxygens (including phenoxy) is 1. The van der Waals surface area contributed by atoms with Gasteiger partial charge in [0.2, 0.25) is 0 Å². The summed E-state index contributed by atoms with van der Waals surface area (Å²) in [7, 11) is 0. The summed E-state index contributed by atoms with van der Waals surface area (Å²) < 4.78 is 6.53. The van der Waals surface area contributed by atoms with Crippen LogP contribution in [0.4, 0.5) is 5.69 Å². The molecule has 0 aliphatic heterocycles. The fourth-order valence-electron chi connectivity index (χ4n) is 2.19. The molecular weight excluding hydrogens is 388 g/mol. The second-order valence-electron chi connectivity index (χ2n) is 5.13. The number of hydrogen-bond acceptors (Lipinski definition) is 3. The molecule has 2 aromatic rings. The van der Waals surface area contributed by atoms with Gasteiger partial charge < -0.3 is 9.64 Å². The molecule has 0 saturated carbocycles. The third-order valence-corrected chi connectivity index (χ3v) is 4.19. The predicted octanol–water partition coefficient (Wildman–Crippen LogP) is 4.06. The van der Waals surface area contributed by atoms with Crippen molar-refractivity contribution < 1.29 is 9.53 Å². The van der Waals surface area contributed by atoms with Crippen molar-refractivity contribution in [3.8, 4) is 5.75 Å². The Morgan fingerprint density at radius 2 is 1.96 bits per heavy atom. The van der Waals surface area contributed by atoms with Crippen LogP contribution < -0.4 is 15.0 Å². The van der Waals surface area contributed by atoms with Gasteiger partial charge in [-0.25, -0.2) is 0 Å². The summed E-state index contributed by atoms with van der Waals surface area (Å²) in [5.41, 5.74) is 1.90. The van der Waals surface area contributed by atoms with Gasteiger partial charge in [0.05, 0.1) is 0 Å². The number of amides is 1. The number of nitrogens with one attached hydrogen (secondary N) is 1. The van der Waals surface area contributed by atoms with Crippen LogP contribution >= 0.6 is 28.1 Å². The van der Waals surface area contributed by atoms with E-state index in [2.05, 4.69) is 21.2 Å². The molecule has 4 nitrogen and oxygen atoms in total. The zero-order chi connectivity index (χ0) is 17.5. The summed E-state index contributed by atoms with van der Waals surface area (Å²) in [6, 6.07) is 15.3. The molecule has 0 bridgehead atoms. The van der Waals surface area contributed by atoms with E-state index in [4.69, 9.17) is 17.0 Å². The van der Waals surface area contributed by atoms with Gasteiger partial charge in [-0.2, -0.15) is 0 Å². The van der Waals surface area contributed by atoms with Gasteiger partial charge in [0, 0.05) is 16.7 Å². The molecule has 0 spiro atoms. The predicted molar refractivity (Wildman–Crippen MR) is 105 cm³/mol. The molecule has 0 unspecified atom stereocenters. The van der Waals surface area contributed by atoms with Gasteiger partial charge in [-0.3, -0.25) is 10.1 Å². The van der Waals surface area contributed by atoms with Crippen molar-refractivity contribution in [3.05, 3.63) is 58.6 Å². The van der Waals surface area contributed by atoms with E-state index in [1.54, 1.807) is 0 Å². The summed E-state index contributed by atoms with van der Waals surface area (Å²) in [6.45, 7) is 4.48. The lowest BCUT2D eigenvalue weighted by Crippen LogP contribution is -2.44. The molecule has 0 heterocycles. The molecule has 0 atom stereocenters. The number of carbonyl (C=O) groups is 1. The average Bonchev–Trinajstić information content (AvgIpc) is 2.55. The highest BCUT2D eigenvalue weighted by Crippen LogP contribution is 2.22. The summed E-state index contributed by atoms with van der Waals surface area (Å²) >= 11 is 8.74. The Labute approximate surface area is 155 Å². The number of halogens is 1. The molecule has 0 saturated heterocycles. The van der Waals surface area contributed by atoms with Gasteiger partial charge in [-0.05, 0) is 62.0 Å². The first-order chi connectivity index (χ1) is 11.5. The number of rotatable bonds is 5. The van der Waals surface area contributed by atoms with Crippen LogP contribution in [0.15, 0.2) is 53.0 Å².